The third-order valence-corrected chi connectivity index (χ3v) is 15.1. The molecule has 8 nitrogen and oxygen atoms in total. The van der Waals surface area contributed by atoms with Crippen LogP contribution in [0.1, 0.15) is 158 Å². The van der Waals surface area contributed by atoms with E-state index in [9.17, 15) is 28.7 Å². The van der Waals surface area contributed by atoms with Crippen molar-refractivity contribution in [2.24, 2.45) is 0 Å². The Kier molecular flexibility index (Phi) is 5.84. The summed E-state index contributed by atoms with van der Waals surface area (Å²) in [6.45, 7) is 2.05. The van der Waals surface area contributed by atoms with Crippen LogP contribution in [0.2, 0.25) is 0 Å². The van der Waals surface area contributed by atoms with Crippen molar-refractivity contribution in [2.75, 3.05) is 0 Å². The molecule has 4 aromatic rings. The summed E-state index contributed by atoms with van der Waals surface area (Å²) in [6.07, 6.45) is 13.0. The molecule has 4 aromatic carbocycles. The van der Waals surface area contributed by atoms with Crippen LogP contribution in [0.25, 0.3) is 0 Å². The zero-order valence-corrected chi connectivity index (χ0v) is 30.4. The molecule has 0 unspecified atom stereocenters. The van der Waals surface area contributed by atoms with Gasteiger partial charge in [-0.15, -0.1) is 6.42 Å². The van der Waals surface area contributed by atoms with Crippen LogP contribution in [0.3, 0.4) is 0 Å². The average Bonchev–Trinajstić information content (AvgIpc) is 3.98. The molecule has 0 aromatic heterocycles. The zero-order chi connectivity index (χ0) is 36.0. The first-order chi connectivity index (χ1) is 25.4. The smallest absolute Gasteiger partial charge is 0.404 e. The fourth-order valence-electron chi connectivity index (χ4n) is 12.8. The summed E-state index contributed by atoms with van der Waals surface area (Å²) in [4.78, 5) is 41.8. The molecule has 0 aliphatic heterocycles. The van der Waals surface area contributed by atoms with Gasteiger partial charge in [-0.05, 0) is 105 Å². The molecule has 8 aliphatic carbocycles. The largest absolute Gasteiger partial charge is 0.524 e. The van der Waals surface area contributed by atoms with Gasteiger partial charge in [-0.2, -0.15) is 0 Å². The van der Waals surface area contributed by atoms with Crippen LogP contribution in [0, 0.1) is 12.3 Å². The summed E-state index contributed by atoms with van der Waals surface area (Å²) in [7, 11) is -10.1. The van der Waals surface area contributed by atoms with Gasteiger partial charge in [-0.25, -0.2) is 9.13 Å². The van der Waals surface area contributed by atoms with E-state index in [0.29, 0.717) is 46.9 Å². The number of terminal acetylenes is 1. The summed E-state index contributed by atoms with van der Waals surface area (Å²) >= 11 is 0. The Morgan fingerprint density at radius 3 is 1.28 bits per heavy atom. The quantitative estimate of drug-likeness (QED) is 0.121. The predicted octanol–water partition coefficient (Wildman–Crippen LogP) is 8.66. The second-order valence-corrected chi connectivity index (χ2v) is 18.5. The first kappa shape index (κ1) is 31.2. The molecular formula is C43H34O8P2. The van der Waals surface area contributed by atoms with Crippen LogP contribution in [0.15, 0.2) is 71.8 Å². The molecule has 0 saturated heterocycles. The third kappa shape index (κ3) is 3.83. The van der Waals surface area contributed by atoms with Gasteiger partial charge in [0.25, 0.3) is 0 Å². The normalized spacial score (nSPS) is 30.6. The van der Waals surface area contributed by atoms with Crippen molar-refractivity contribution in [3.63, 3.8) is 0 Å². The molecule has 1 saturated carbocycles. The van der Waals surface area contributed by atoms with Crippen molar-refractivity contribution in [1.82, 2.24) is 0 Å². The van der Waals surface area contributed by atoms with E-state index in [1.807, 2.05) is 13.0 Å². The van der Waals surface area contributed by atoms with Crippen LogP contribution in [-0.2, 0) is 9.13 Å². The number of phosphoric acid groups is 2. The molecule has 4 N–H and O–H groups in total. The van der Waals surface area contributed by atoms with Gasteiger partial charge in [0, 0.05) is 69.6 Å². The highest BCUT2D eigenvalue weighted by molar-refractivity contribution is 7.47. The minimum absolute atomic E-state index is 0.163. The van der Waals surface area contributed by atoms with Gasteiger partial charge >= 0.3 is 15.6 Å². The van der Waals surface area contributed by atoms with Gasteiger partial charge in [0.2, 0.25) is 0 Å². The van der Waals surface area contributed by atoms with Crippen LogP contribution in [-0.4, -0.2) is 19.6 Å². The Bertz CT molecular complexity index is 2670. The Hall–Kier alpha value is -4.18. The first-order valence-electron chi connectivity index (χ1n) is 18.4. The molecule has 12 rings (SSSR count). The summed E-state index contributed by atoms with van der Waals surface area (Å²) in [5.41, 5.74) is 17.0. The topological polar surface area (TPSA) is 134 Å². The highest BCUT2D eigenvalue weighted by Crippen LogP contribution is 2.73. The standard InChI is InChI=1S/C43H34O8P2/c1-3-7-19-18(4-2)22-10-23(19)27-13-31-30(12-26(22)27)34-16-35(31)39-38(34)42(50-52(44,45)46)40-36-17-37(41(40)43(39)51-53(47,48)49)33-15-29-25-11-24(28(29)14-32(33)36)20-8-5-6-9-21(20)25/h1,4-9,12-15,22-25,34-37H,10-11,16-17H2,2H3,(H2,44,45,46)(H2,47,48,49)/b18-4+,19-7?/t22-,23+,24+,25-,34-,35+,36+,37-/m1/s1. The molecule has 0 spiro atoms. The number of hydrogen-bond acceptors (Lipinski definition) is 4. The van der Waals surface area contributed by atoms with E-state index in [1.54, 1.807) is 0 Å². The van der Waals surface area contributed by atoms with Gasteiger partial charge in [0.1, 0.15) is 11.5 Å². The number of allylic oxidation sites excluding steroid dienone is 4. The van der Waals surface area contributed by atoms with E-state index < -0.39 is 15.6 Å². The number of hydrogen-bond donors (Lipinski definition) is 4. The van der Waals surface area contributed by atoms with Gasteiger partial charge in [-0.3, -0.25) is 19.6 Å². The first-order valence-corrected chi connectivity index (χ1v) is 21.5. The van der Waals surface area contributed by atoms with Crippen molar-refractivity contribution >= 4 is 15.6 Å². The molecule has 0 heterocycles. The van der Waals surface area contributed by atoms with E-state index in [0.717, 1.165) is 35.1 Å². The number of phosphoric ester groups is 2. The second-order valence-electron chi connectivity index (χ2n) is 16.2. The summed E-state index contributed by atoms with van der Waals surface area (Å²) in [5.74, 6) is 2.99. The lowest BCUT2D eigenvalue weighted by molar-refractivity contribution is 0.275. The van der Waals surface area contributed by atoms with E-state index >= 15 is 0 Å². The maximum Gasteiger partial charge on any atom is 0.524 e. The summed E-state index contributed by atoms with van der Waals surface area (Å²) in [6, 6.07) is 17.8. The minimum atomic E-state index is -5.06. The molecule has 264 valence electrons. The Morgan fingerprint density at radius 2 is 0.906 bits per heavy atom. The SMILES string of the molecule is C#CC=C1/C(=C\C)[C@H]2C[C@@H]1c1cc3c(cc12)[C@H]1C[C@@H]3c2c(OP(=O)(O)O)c3c(c(OP(=O)(O)O)c21)[C@H]1C[C@@H]3c2cc3c(cc21)[C@H]1C[C@@H]3c2ccccc21. The summed E-state index contributed by atoms with van der Waals surface area (Å²) < 4.78 is 37.3. The predicted molar refractivity (Wildman–Crippen MR) is 197 cm³/mol. The lowest BCUT2D eigenvalue weighted by Gasteiger charge is -2.33. The van der Waals surface area contributed by atoms with Gasteiger partial charge in [0.05, 0.1) is 0 Å². The molecule has 8 bridgehead atoms. The van der Waals surface area contributed by atoms with Crippen molar-refractivity contribution in [3.05, 3.63) is 150 Å². The molecule has 0 amide bonds. The maximum absolute atomic E-state index is 12.9. The lowest BCUT2D eigenvalue weighted by atomic mass is 9.74. The zero-order valence-electron chi connectivity index (χ0n) is 28.6. The van der Waals surface area contributed by atoms with E-state index in [2.05, 4.69) is 60.5 Å². The van der Waals surface area contributed by atoms with Crippen molar-refractivity contribution < 1.29 is 37.8 Å². The fourth-order valence-corrected chi connectivity index (χ4v) is 13.6. The van der Waals surface area contributed by atoms with Crippen molar-refractivity contribution in [2.45, 2.75) is 80.0 Å². The van der Waals surface area contributed by atoms with E-state index in [4.69, 9.17) is 15.5 Å². The summed E-state index contributed by atoms with van der Waals surface area (Å²) in [5, 5.41) is 0. The van der Waals surface area contributed by atoms with Gasteiger partial charge in [0.15, 0.2) is 0 Å². The Balaban J connectivity index is 1.07. The van der Waals surface area contributed by atoms with Gasteiger partial charge < -0.3 is 9.05 Å². The van der Waals surface area contributed by atoms with Crippen molar-refractivity contribution in [3.8, 4) is 23.8 Å². The van der Waals surface area contributed by atoms with Crippen LogP contribution < -0.4 is 9.05 Å². The maximum atomic E-state index is 12.9. The Labute approximate surface area is 306 Å². The fraction of sp³-hybridized carbons (Fsp3) is 0.302. The molecule has 8 aliphatic rings. The van der Waals surface area contributed by atoms with Crippen LogP contribution in [0.4, 0.5) is 0 Å². The highest BCUT2D eigenvalue weighted by Gasteiger charge is 2.56. The molecule has 1 fully saturated rings. The average molecular weight is 741 g/mol. The Morgan fingerprint density at radius 1 is 0.566 bits per heavy atom. The van der Waals surface area contributed by atoms with Crippen molar-refractivity contribution in [1.29, 1.82) is 0 Å². The van der Waals surface area contributed by atoms with E-state index in [1.165, 1.54) is 44.5 Å². The monoisotopic (exact) mass is 740 g/mol. The number of rotatable bonds is 4. The molecular weight excluding hydrogens is 706 g/mol. The minimum Gasteiger partial charge on any atom is -0.404 e. The molecule has 10 heteroatoms. The molecule has 8 atom stereocenters. The molecule has 53 heavy (non-hydrogen) atoms. The number of benzene rings is 4. The second kappa shape index (κ2) is 9.92. The highest BCUT2D eigenvalue weighted by atomic mass is 31.2. The number of fused-ring (bicyclic) bond motifs is 29. The molecule has 0 radical (unpaired) electrons. The third-order valence-electron chi connectivity index (χ3n) is 14.2. The van der Waals surface area contributed by atoms with E-state index in [-0.39, 0.29) is 47.0 Å². The van der Waals surface area contributed by atoms with Gasteiger partial charge in [-0.1, -0.05) is 60.5 Å². The van der Waals surface area contributed by atoms with Crippen LogP contribution in [0.5, 0.6) is 11.5 Å². The lowest BCUT2D eigenvalue weighted by Crippen LogP contribution is -2.16. The van der Waals surface area contributed by atoms with Crippen LogP contribution >= 0.6 is 15.6 Å².